The van der Waals surface area contributed by atoms with Gasteiger partial charge in [0, 0.05) is 34.7 Å². The van der Waals surface area contributed by atoms with Gasteiger partial charge in [-0.15, -0.1) is 0 Å². The number of methoxy groups -OCH3 is 1. The normalized spacial score (nSPS) is 17.1. The van der Waals surface area contributed by atoms with Crippen LogP contribution in [0.25, 0.3) is 10.9 Å². The van der Waals surface area contributed by atoms with Gasteiger partial charge in [-0.25, -0.2) is 9.97 Å². The molecule has 1 aromatic heterocycles. The van der Waals surface area contributed by atoms with Crippen molar-refractivity contribution in [2.24, 2.45) is 0 Å². The molecule has 1 N–H and O–H groups in total. The van der Waals surface area contributed by atoms with E-state index in [9.17, 15) is 0 Å². The number of hydrogen-bond acceptors (Lipinski definition) is 7. The standard InChI is InChI=1S/C22H25BrN4O3/c1-14-17(23)5-4-6-18(14)26-22-16-9-20(28-3)21(10-19(16)24-13-25-22)30-12-15-11-27(2)7-8-29-15/h4-6,9-10,13,15H,7-8,11-12H2,1-3H3,(H,24,25,26). The molecule has 1 fully saturated rings. The first-order valence-corrected chi connectivity index (χ1v) is 10.6. The Balaban J connectivity index is 1.61. The lowest BCUT2D eigenvalue weighted by atomic mass is 10.1. The highest BCUT2D eigenvalue weighted by Crippen LogP contribution is 2.35. The molecule has 2 aromatic carbocycles. The first kappa shape index (κ1) is 20.8. The molecule has 8 heteroatoms. The number of rotatable bonds is 6. The molecule has 1 atom stereocenters. The summed E-state index contributed by atoms with van der Waals surface area (Å²) >= 11 is 3.57. The summed E-state index contributed by atoms with van der Waals surface area (Å²) in [5.74, 6) is 1.99. The van der Waals surface area contributed by atoms with E-state index in [0.29, 0.717) is 23.9 Å². The van der Waals surface area contributed by atoms with Gasteiger partial charge in [0.25, 0.3) is 0 Å². The van der Waals surface area contributed by atoms with Gasteiger partial charge in [-0.05, 0) is 37.7 Å². The lowest BCUT2D eigenvalue weighted by molar-refractivity contribution is -0.0406. The molecule has 0 saturated carbocycles. The van der Waals surface area contributed by atoms with Crippen LogP contribution in [0.2, 0.25) is 0 Å². The van der Waals surface area contributed by atoms with Crippen molar-refractivity contribution in [3.05, 3.63) is 46.7 Å². The smallest absolute Gasteiger partial charge is 0.163 e. The Morgan fingerprint density at radius 3 is 2.93 bits per heavy atom. The van der Waals surface area contributed by atoms with E-state index in [1.807, 2.05) is 37.3 Å². The summed E-state index contributed by atoms with van der Waals surface area (Å²) < 4.78 is 18.5. The molecule has 1 unspecified atom stereocenters. The number of nitrogens with one attached hydrogen (secondary N) is 1. The van der Waals surface area contributed by atoms with Gasteiger partial charge in [0.2, 0.25) is 0 Å². The Morgan fingerprint density at radius 1 is 1.27 bits per heavy atom. The van der Waals surface area contributed by atoms with Crippen molar-refractivity contribution in [2.45, 2.75) is 13.0 Å². The predicted octanol–water partition coefficient (Wildman–Crippen LogP) is 4.16. The first-order chi connectivity index (χ1) is 14.5. The van der Waals surface area contributed by atoms with Gasteiger partial charge in [-0.2, -0.15) is 0 Å². The number of halogens is 1. The summed E-state index contributed by atoms with van der Waals surface area (Å²) in [5, 5.41) is 4.27. The second kappa shape index (κ2) is 9.16. The van der Waals surface area contributed by atoms with Gasteiger partial charge < -0.3 is 24.4 Å². The van der Waals surface area contributed by atoms with E-state index >= 15 is 0 Å². The summed E-state index contributed by atoms with van der Waals surface area (Å²) in [6.07, 6.45) is 1.58. The van der Waals surface area contributed by atoms with Crippen LogP contribution in [0, 0.1) is 6.92 Å². The molecular weight excluding hydrogens is 448 g/mol. The van der Waals surface area contributed by atoms with Gasteiger partial charge in [0.1, 0.15) is 24.9 Å². The van der Waals surface area contributed by atoms with Crippen LogP contribution in [0.3, 0.4) is 0 Å². The third-order valence-corrected chi connectivity index (χ3v) is 6.07. The van der Waals surface area contributed by atoms with Gasteiger partial charge in [0.15, 0.2) is 11.5 Å². The fraction of sp³-hybridized carbons (Fsp3) is 0.364. The predicted molar refractivity (Wildman–Crippen MR) is 121 cm³/mol. The number of likely N-dealkylation sites (N-methyl/N-ethyl adjacent to an activating group) is 1. The molecule has 158 valence electrons. The van der Waals surface area contributed by atoms with Crippen molar-refractivity contribution in [2.75, 3.05) is 45.8 Å². The SMILES string of the molecule is COc1cc2c(Nc3cccc(Br)c3C)ncnc2cc1OCC1CN(C)CCO1. The zero-order chi connectivity index (χ0) is 21.1. The van der Waals surface area contributed by atoms with Crippen LogP contribution < -0.4 is 14.8 Å². The van der Waals surface area contributed by atoms with Crippen LogP contribution >= 0.6 is 15.9 Å². The maximum atomic E-state index is 6.05. The lowest BCUT2D eigenvalue weighted by Gasteiger charge is -2.30. The van der Waals surface area contributed by atoms with E-state index in [-0.39, 0.29) is 6.10 Å². The Labute approximate surface area is 184 Å². The van der Waals surface area contributed by atoms with E-state index in [2.05, 4.69) is 43.2 Å². The fourth-order valence-corrected chi connectivity index (χ4v) is 3.82. The van der Waals surface area contributed by atoms with E-state index in [1.54, 1.807) is 13.4 Å². The minimum absolute atomic E-state index is 0.0336. The Morgan fingerprint density at radius 2 is 2.13 bits per heavy atom. The molecular formula is C22H25BrN4O3. The molecule has 1 aliphatic rings. The first-order valence-electron chi connectivity index (χ1n) is 9.83. The van der Waals surface area contributed by atoms with Crippen molar-refractivity contribution in [3.63, 3.8) is 0 Å². The molecule has 0 spiro atoms. The quantitative estimate of drug-likeness (QED) is 0.577. The van der Waals surface area contributed by atoms with Crippen LogP contribution in [0.1, 0.15) is 5.56 Å². The molecule has 1 saturated heterocycles. The van der Waals surface area contributed by atoms with Crippen molar-refractivity contribution in [3.8, 4) is 11.5 Å². The third-order valence-electron chi connectivity index (χ3n) is 5.21. The van der Waals surface area contributed by atoms with Crippen LogP contribution in [0.15, 0.2) is 41.1 Å². The highest BCUT2D eigenvalue weighted by atomic mass is 79.9. The number of fused-ring (bicyclic) bond motifs is 1. The van der Waals surface area contributed by atoms with Crippen molar-refractivity contribution in [1.29, 1.82) is 0 Å². The molecule has 30 heavy (non-hydrogen) atoms. The zero-order valence-electron chi connectivity index (χ0n) is 17.3. The van der Waals surface area contributed by atoms with Crippen molar-refractivity contribution in [1.82, 2.24) is 14.9 Å². The van der Waals surface area contributed by atoms with E-state index in [0.717, 1.165) is 46.3 Å². The molecule has 0 amide bonds. The average Bonchev–Trinajstić information content (AvgIpc) is 2.75. The minimum Gasteiger partial charge on any atom is -0.493 e. The Bertz CT molecular complexity index is 1050. The van der Waals surface area contributed by atoms with Crippen LogP contribution in [0.4, 0.5) is 11.5 Å². The topological polar surface area (TPSA) is 68.7 Å². The number of nitrogens with zero attached hydrogens (tertiary/aromatic N) is 3. The molecule has 2 heterocycles. The average molecular weight is 473 g/mol. The summed E-state index contributed by atoms with van der Waals surface area (Å²) in [4.78, 5) is 11.1. The van der Waals surface area contributed by atoms with Gasteiger partial charge in [0.05, 0.1) is 19.2 Å². The second-order valence-electron chi connectivity index (χ2n) is 7.35. The molecule has 7 nitrogen and oxygen atoms in total. The molecule has 0 bridgehead atoms. The summed E-state index contributed by atoms with van der Waals surface area (Å²) in [6.45, 7) is 5.02. The van der Waals surface area contributed by atoms with Gasteiger partial charge in [-0.3, -0.25) is 0 Å². The number of morpholine rings is 1. The third kappa shape index (κ3) is 4.50. The van der Waals surface area contributed by atoms with Crippen molar-refractivity contribution >= 4 is 38.3 Å². The Kier molecular flexibility index (Phi) is 6.36. The summed E-state index contributed by atoms with van der Waals surface area (Å²) in [6, 6.07) is 9.82. The van der Waals surface area contributed by atoms with Crippen LogP contribution in [-0.4, -0.2) is 61.4 Å². The number of anilines is 2. The molecule has 3 aromatic rings. The molecule has 0 radical (unpaired) electrons. The van der Waals surface area contributed by atoms with Crippen LogP contribution in [-0.2, 0) is 4.74 Å². The van der Waals surface area contributed by atoms with Crippen LogP contribution in [0.5, 0.6) is 11.5 Å². The Hall–Kier alpha value is -2.42. The monoisotopic (exact) mass is 472 g/mol. The largest absolute Gasteiger partial charge is 0.493 e. The number of benzene rings is 2. The fourth-order valence-electron chi connectivity index (χ4n) is 3.46. The lowest BCUT2D eigenvalue weighted by Crippen LogP contribution is -2.42. The van der Waals surface area contributed by atoms with E-state index in [1.165, 1.54) is 0 Å². The highest BCUT2D eigenvalue weighted by Gasteiger charge is 2.20. The molecule has 4 rings (SSSR count). The summed E-state index contributed by atoms with van der Waals surface area (Å²) in [7, 11) is 3.72. The van der Waals surface area contributed by atoms with E-state index < -0.39 is 0 Å². The second-order valence-corrected chi connectivity index (χ2v) is 8.20. The maximum absolute atomic E-state index is 6.05. The minimum atomic E-state index is 0.0336. The van der Waals surface area contributed by atoms with Crippen molar-refractivity contribution < 1.29 is 14.2 Å². The zero-order valence-corrected chi connectivity index (χ0v) is 18.9. The van der Waals surface area contributed by atoms with Gasteiger partial charge >= 0.3 is 0 Å². The maximum Gasteiger partial charge on any atom is 0.163 e. The highest BCUT2D eigenvalue weighted by molar-refractivity contribution is 9.10. The number of ether oxygens (including phenoxy) is 3. The number of aromatic nitrogens is 2. The van der Waals surface area contributed by atoms with Gasteiger partial charge in [-0.1, -0.05) is 22.0 Å². The summed E-state index contributed by atoms with van der Waals surface area (Å²) in [5.41, 5.74) is 2.86. The molecule has 0 aliphatic carbocycles. The number of hydrogen-bond donors (Lipinski definition) is 1. The molecule has 1 aliphatic heterocycles. The van der Waals surface area contributed by atoms with E-state index in [4.69, 9.17) is 14.2 Å².